The molecule has 0 aliphatic heterocycles. The molecule has 0 amide bonds. The maximum atomic E-state index is 6.90. The number of aromatic nitrogens is 3. The van der Waals surface area contributed by atoms with E-state index in [9.17, 15) is 0 Å². The van der Waals surface area contributed by atoms with Crippen LogP contribution in [0.1, 0.15) is 5.69 Å². The fourth-order valence-electron chi connectivity index (χ4n) is 1.93. The molecule has 0 N–H and O–H groups in total. The van der Waals surface area contributed by atoms with E-state index in [1.54, 1.807) is 12.3 Å². The smallest absolute Gasteiger partial charge is 0.205 e. The lowest BCUT2D eigenvalue weighted by Crippen LogP contribution is -2.01. The number of hydrogen-bond donors (Lipinski definition) is 0. The van der Waals surface area contributed by atoms with E-state index < -0.39 is 0 Å². The predicted octanol–water partition coefficient (Wildman–Crippen LogP) is 3.68. The SMILES string of the molecule is [C-]#[N+]c1ccc(Cn2c(Cl)nc3ccccc32)nc1. The van der Waals surface area contributed by atoms with Crippen LogP contribution in [-0.2, 0) is 6.54 Å². The molecule has 0 saturated heterocycles. The van der Waals surface area contributed by atoms with Gasteiger partial charge in [0, 0.05) is 6.20 Å². The van der Waals surface area contributed by atoms with E-state index in [0.717, 1.165) is 16.7 Å². The van der Waals surface area contributed by atoms with E-state index in [-0.39, 0.29) is 0 Å². The molecule has 0 spiro atoms. The molecule has 0 saturated carbocycles. The van der Waals surface area contributed by atoms with E-state index in [4.69, 9.17) is 18.2 Å². The molecule has 19 heavy (non-hydrogen) atoms. The zero-order valence-electron chi connectivity index (χ0n) is 9.92. The molecule has 2 aromatic heterocycles. The first kappa shape index (κ1) is 11.7. The fourth-order valence-corrected chi connectivity index (χ4v) is 2.18. The molecule has 92 valence electrons. The van der Waals surface area contributed by atoms with Crippen molar-refractivity contribution >= 4 is 28.3 Å². The second-order valence-electron chi connectivity index (χ2n) is 4.08. The Bertz CT molecular complexity index is 768. The number of fused-ring (bicyclic) bond motifs is 1. The number of benzene rings is 1. The number of rotatable bonds is 2. The van der Waals surface area contributed by atoms with Gasteiger partial charge < -0.3 is 4.57 Å². The molecule has 0 atom stereocenters. The Kier molecular flexibility index (Phi) is 2.90. The molecule has 0 bridgehead atoms. The molecule has 0 unspecified atom stereocenters. The highest BCUT2D eigenvalue weighted by Gasteiger charge is 2.09. The van der Waals surface area contributed by atoms with Crippen LogP contribution in [0.4, 0.5) is 5.69 Å². The van der Waals surface area contributed by atoms with E-state index in [2.05, 4.69) is 14.8 Å². The standard InChI is InChI=1S/C14H9ClN4/c1-16-10-6-7-11(17-8-10)9-19-13-5-3-2-4-12(13)18-14(19)15/h2-8H,9H2. The summed E-state index contributed by atoms with van der Waals surface area (Å²) in [6.45, 7) is 7.44. The molecular formula is C14H9ClN4. The zero-order valence-corrected chi connectivity index (χ0v) is 10.7. The van der Waals surface area contributed by atoms with Crippen molar-refractivity contribution in [3.63, 3.8) is 0 Å². The summed E-state index contributed by atoms with van der Waals surface area (Å²) in [5, 5.41) is 0.442. The van der Waals surface area contributed by atoms with Gasteiger partial charge in [0.2, 0.25) is 11.0 Å². The third-order valence-electron chi connectivity index (χ3n) is 2.87. The van der Waals surface area contributed by atoms with Gasteiger partial charge in [-0.25, -0.2) is 9.83 Å². The number of halogens is 1. The zero-order chi connectivity index (χ0) is 13.2. The Morgan fingerprint density at radius 3 is 2.79 bits per heavy atom. The molecule has 0 aliphatic carbocycles. The summed E-state index contributed by atoms with van der Waals surface area (Å²) in [5.74, 6) is 0. The maximum absolute atomic E-state index is 6.90. The second kappa shape index (κ2) is 4.71. The van der Waals surface area contributed by atoms with Crippen LogP contribution in [0.3, 0.4) is 0 Å². The summed E-state index contributed by atoms with van der Waals surface area (Å²) in [5.41, 5.74) is 3.22. The monoisotopic (exact) mass is 268 g/mol. The number of pyridine rings is 1. The lowest BCUT2D eigenvalue weighted by Gasteiger charge is -2.05. The van der Waals surface area contributed by atoms with Crippen molar-refractivity contribution in [2.24, 2.45) is 0 Å². The Morgan fingerprint density at radius 1 is 1.21 bits per heavy atom. The highest BCUT2D eigenvalue weighted by Crippen LogP contribution is 2.21. The van der Waals surface area contributed by atoms with Crippen LogP contribution < -0.4 is 0 Å². The first-order chi connectivity index (χ1) is 9.28. The van der Waals surface area contributed by atoms with Crippen LogP contribution >= 0.6 is 11.6 Å². The van der Waals surface area contributed by atoms with E-state index >= 15 is 0 Å². The Hall–Kier alpha value is -2.38. The maximum Gasteiger partial charge on any atom is 0.205 e. The van der Waals surface area contributed by atoms with E-state index in [1.165, 1.54) is 0 Å². The molecule has 0 fully saturated rings. The molecule has 5 heteroatoms. The number of hydrogen-bond acceptors (Lipinski definition) is 2. The third-order valence-corrected chi connectivity index (χ3v) is 3.15. The van der Waals surface area contributed by atoms with Gasteiger partial charge in [-0.1, -0.05) is 18.2 Å². The van der Waals surface area contributed by atoms with Gasteiger partial charge in [-0.05, 0) is 29.8 Å². The van der Waals surface area contributed by atoms with Crippen LogP contribution in [0, 0.1) is 6.57 Å². The van der Waals surface area contributed by atoms with Crippen molar-refractivity contribution < 1.29 is 0 Å². The normalized spacial score (nSPS) is 10.5. The van der Waals surface area contributed by atoms with Crippen LogP contribution in [-0.4, -0.2) is 14.5 Å². The van der Waals surface area contributed by atoms with Gasteiger partial charge in [0.1, 0.15) is 0 Å². The number of para-hydroxylation sites is 2. The van der Waals surface area contributed by atoms with E-state index in [1.807, 2.05) is 34.9 Å². The Morgan fingerprint density at radius 2 is 2.05 bits per heavy atom. The van der Waals surface area contributed by atoms with Crippen molar-refractivity contribution in [1.82, 2.24) is 14.5 Å². The number of nitrogens with zero attached hydrogens (tertiary/aromatic N) is 4. The van der Waals surface area contributed by atoms with E-state index in [0.29, 0.717) is 17.5 Å². The highest BCUT2D eigenvalue weighted by atomic mass is 35.5. The molecule has 0 radical (unpaired) electrons. The molecule has 3 rings (SSSR count). The largest absolute Gasteiger partial charge is 0.309 e. The van der Waals surface area contributed by atoms with Crippen molar-refractivity contribution in [3.05, 3.63) is 65.0 Å². The van der Waals surface area contributed by atoms with Crippen molar-refractivity contribution in [2.75, 3.05) is 0 Å². The topological polar surface area (TPSA) is 35.1 Å². The Balaban J connectivity index is 2.00. The molecule has 4 nitrogen and oxygen atoms in total. The van der Waals surface area contributed by atoms with Crippen LogP contribution in [0.25, 0.3) is 15.9 Å². The third kappa shape index (κ3) is 2.16. The summed E-state index contributed by atoms with van der Waals surface area (Å²) in [7, 11) is 0. The molecule has 3 aromatic rings. The average molecular weight is 269 g/mol. The minimum atomic E-state index is 0.442. The first-order valence-corrected chi connectivity index (χ1v) is 6.09. The summed E-state index contributed by atoms with van der Waals surface area (Å²) in [6, 6.07) is 11.4. The van der Waals surface area contributed by atoms with Gasteiger partial charge >= 0.3 is 0 Å². The van der Waals surface area contributed by atoms with Gasteiger partial charge in [-0.15, -0.1) is 0 Å². The average Bonchev–Trinajstić information content (AvgIpc) is 2.76. The lowest BCUT2D eigenvalue weighted by molar-refractivity contribution is 0.799. The fraction of sp³-hybridized carbons (Fsp3) is 0.0714. The number of imidazole rings is 1. The molecule has 1 aromatic carbocycles. The Labute approximate surface area is 115 Å². The lowest BCUT2D eigenvalue weighted by atomic mass is 10.3. The van der Waals surface area contributed by atoms with Crippen molar-refractivity contribution in [1.29, 1.82) is 0 Å². The molecular weight excluding hydrogens is 260 g/mol. The van der Waals surface area contributed by atoms with Crippen molar-refractivity contribution in [3.8, 4) is 0 Å². The molecule has 2 heterocycles. The van der Waals surface area contributed by atoms with Gasteiger partial charge in [-0.2, -0.15) is 0 Å². The minimum absolute atomic E-state index is 0.442. The summed E-state index contributed by atoms with van der Waals surface area (Å²) >= 11 is 6.15. The van der Waals surface area contributed by atoms with Crippen molar-refractivity contribution in [2.45, 2.75) is 6.54 Å². The van der Waals surface area contributed by atoms with Crippen LogP contribution in [0.2, 0.25) is 5.28 Å². The second-order valence-corrected chi connectivity index (χ2v) is 4.41. The van der Waals surface area contributed by atoms with Gasteiger partial charge in [0.25, 0.3) is 0 Å². The quantitative estimate of drug-likeness (QED) is 0.665. The van der Waals surface area contributed by atoms with Crippen LogP contribution in [0.5, 0.6) is 0 Å². The van der Waals surface area contributed by atoms with Crippen LogP contribution in [0.15, 0.2) is 42.6 Å². The van der Waals surface area contributed by atoms with Gasteiger partial charge in [0.15, 0.2) is 0 Å². The van der Waals surface area contributed by atoms with Gasteiger partial charge in [-0.3, -0.25) is 4.98 Å². The minimum Gasteiger partial charge on any atom is -0.309 e. The highest BCUT2D eigenvalue weighted by molar-refractivity contribution is 6.29. The molecule has 0 aliphatic rings. The van der Waals surface area contributed by atoms with Gasteiger partial charge in [0.05, 0.1) is 29.8 Å². The summed E-state index contributed by atoms with van der Waals surface area (Å²) in [6.07, 6.45) is 1.56. The summed E-state index contributed by atoms with van der Waals surface area (Å²) in [4.78, 5) is 11.9. The first-order valence-electron chi connectivity index (χ1n) is 5.71. The summed E-state index contributed by atoms with van der Waals surface area (Å²) < 4.78 is 1.90. The predicted molar refractivity (Wildman–Crippen MR) is 74.3 cm³/mol.